The van der Waals surface area contributed by atoms with E-state index in [1.165, 1.54) is 31.4 Å². The van der Waals surface area contributed by atoms with E-state index in [4.69, 9.17) is 21.4 Å². The number of ether oxygens (including phenoxy) is 1. The average Bonchev–Trinajstić information content (AvgIpc) is 2.54. The van der Waals surface area contributed by atoms with Gasteiger partial charge in [0.15, 0.2) is 0 Å². The van der Waals surface area contributed by atoms with Gasteiger partial charge in [-0.25, -0.2) is 13.2 Å². The monoisotopic (exact) mass is 367 g/mol. The highest BCUT2D eigenvalue weighted by Gasteiger charge is 2.21. The number of aliphatic carboxylic acids is 1. The van der Waals surface area contributed by atoms with Crippen LogP contribution in [0.15, 0.2) is 53.4 Å². The zero-order valence-electron chi connectivity index (χ0n) is 12.6. The average molecular weight is 368 g/mol. The van der Waals surface area contributed by atoms with Crippen molar-refractivity contribution in [2.45, 2.75) is 4.90 Å². The first-order chi connectivity index (χ1) is 11.3. The van der Waals surface area contributed by atoms with E-state index in [0.717, 1.165) is 6.08 Å². The van der Waals surface area contributed by atoms with Gasteiger partial charge in [0.05, 0.1) is 17.8 Å². The molecule has 0 spiro atoms. The SMILES string of the molecule is COc1ccc(/C=C/C(=O)O)cc1S(=O)(=O)Nc1ccccc1Cl. The van der Waals surface area contributed by atoms with Crippen LogP contribution in [-0.4, -0.2) is 26.6 Å². The van der Waals surface area contributed by atoms with E-state index in [1.54, 1.807) is 24.3 Å². The van der Waals surface area contributed by atoms with Gasteiger partial charge in [0.2, 0.25) is 0 Å². The number of carboxylic acid groups (broad SMARTS) is 1. The van der Waals surface area contributed by atoms with Gasteiger partial charge in [0.25, 0.3) is 10.0 Å². The minimum Gasteiger partial charge on any atom is -0.495 e. The van der Waals surface area contributed by atoms with Gasteiger partial charge in [-0.2, -0.15) is 0 Å². The molecule has 0 unspecified atom stereocenters. The molecule has 6 nitrogen and oxygen atoms in total. The molecule has 2 N–H and O–H groups in total. The Balaban J connectivity index is 2.46. The first kappa shape index (κ1) is 17.8. The molecule has 0 saturated heterocycles. The van der Waals surface area contributed by atoms with Crippen LogP contribution in [0, 0.1) is 0 Å². The molecule has 2 aromatic rings. The van der Waals surface area contributed by atoms with Crippen molar-refractivity contribution >= 4 is 39.4 Å². The fourth-order valence-electron chi connectivity index (χ4n) is 1.92. The molecule has 0 aliphatic carbocycles. The van der Waals surface area contributed by atoms with E-state index < -0.39 is 16.0 Å². The Bertz CT molecular complexity index is 893. The predicted octanol–water partition coefficient (Wildman–Crippen LogP) is 3.25. The van der Waals surface area contributed by atoms with E-state index in [0.29, 0.717) is 5.56 Å². The number of hydrogen-bond donors (Lipinski definition) is 2. The molecule has 0 fully saturated rings. The summed E-state index contributed by atoms with van der Waals surface area (Å²) in [5, 5.41) is 8.93. The Morgan fingerprint density at radius 1 is 1.25 bits per heavy atom. The predicted molar refractivity (Wildman–Crippen MR) is 91.9 cm³/mol. The molecule has 0 bridgehead atoms. The summed E-state index contributed by atoms with van der Waals surface area (Å²) < 4.78 is 32.7. The molecule has 2 aromatic carbocycles. The fraction of sp³-hybridized carbons (Fsp3) is 0.0625. The molecule has 0 aliphatic rings. The van der Waals surface area contributed by atoms with Gasteiger partial charge in [-0.3, -0.25) is 4.72 Å². The molecule has 0 aromatic heterocycles. The van der Waals surface area contributed by atoms with E-state index in [2.05, 4.69) is 4.72 Å². The second kappa shape index (κ2) is 7.37. The van der Waals surface area contributed by atoms with Gasteiger partial charge >= 0.3 is 5.97 Å². The Kier molecular flexibility index (Phi) is 5.48. The van der Waals surface area contributed by atoms with Crippen LogP contribution in [0.4, 0.5) is 5.69 Å². The van der Waals surface area contributed by atoms with Crippen LogP contribution < -0.4 is 9.46 Å². The lowest BCUT2D eigenvalue weighted by Gasteiger charge is -2.13. The number of carbonyl (C=O) groups is 1. The summed E-state index contributed by atoms with van der Waals surface area (Å²) in [5.41, 5.74) is 0.630. The number of para-hydroxylation sites is 1. The molecule has 0 saturated carbocycles. The van der Waals surface area contributed by atoms with Crippen LogP contribution in [0.5, 0.6) is 5.75 Å². The van der Waals surface area contributed by atoms with Crippen LogP contribution in [-0.2, 0) is 14.8 Å². The smallest absolute Gasteiger partial charge is 0.328 e. The third kappa shape index (κ3) is 4.27. The Labute approximate surface area is 144 Å². The van der Waals surface area contributed by atoms with Crippen molar-refractivity contribution in [2.75, 3.05) is 11.8 Å². The van der Waals surface area contributed by atoms with E-state index in [9.17, 15) is 13.2 Å². The third-order valence-corrected chi connectivity index (χ3v) is 4.73. The molecule has 0 aliphatic heterocycles. The zero-order chi connectivity index (χ0) is 17.7. The first-order valence-corrected chi connectivity index (χ1v) is 8.56. The van der Waals surface area contributed by atoms with Crippen molar-refractivity contribution in [3.8, 4) is 5.75 Å². The van der Waals surface area contributed by atoms with Crippen LogP contribution in [0.2, 0.25) is 5.02 Å². The van der Waals surface area contributed by atoms with Crippen molar-refractivity contribution in [1.29, 1.82) is 0 Å². The zero-order valence-corrected chi connectivity index (χ0v) is 14.1. The number of halogens is 1. The molecule has 24 heavy (non-hydrogen) atoms. The largest absolute Gasteiger partial charge is 0.495 e. The summed E-state index contributed by atoms with van der Waals surface area (Å²) in [6, 6.07) is 10.7. The van der Waals surface area contributed by atoms with Gasteiger partial charge in [-0.1, -0.05) is 29.8 Å². The lowest BCUT2D eigenvalue weighted by atomic mass is 10.2. The molecule has 2 rings (SSSR count). The summed E-state index contributed by atoms with van der Waals surface area (Å²) in [4.78, 5) is 10.5. The van der Waals surface area contributed by atoms with Crippen molar-refractivity contribution in [3.63, 3.8) is 0 Å². The molecular weight excluding hydrogens is 354 g/mol. The third-order valence-electron chi connectivity index (χ3n) is 3.01. The Morgan fingerprint density at radius 2 is 1.96 bits per heavy atom. The maximum atomic E-state index is 12.6. The number of anilines is 1. The number of rotatable bonds is 6. The van der Waals surface area contributed by atoms with Crippen LogP contribution in [0.1, 0.15) is 5.56 Å². The number of sulfonamides is 1. The quantitative estimate of drug-likeness (QED) is 0.764. The summed E-state index contributed by atoms with van der Waals surface area (Å²) in [5.74, 6) is -1.01. The molecule has 0 atom stereocenters. The van der Waals surface area contributed by atoms with Crippen LogP contribution in [0.25, 0.3) is 6.08 Å². The first-order valence-electron chi connectivity index (χ1n) is 6.70. The minimum atomic E-state index is -3.98. The minimum absolute atomic E-state index is 0.127. The summed E-state index contributed by atoms with van der Waals surface area (Å²) in [6.07, 6.45) is 2.20. The Hall–Kier alpha value is -2.51. The van der Waals surface area contributed by atoms with Gasteiger partial charge in [0, 0.05) is 6.08 Å². The van der Waals surface area contributed by atoms with E-state index in [-0.39, 0.29) is 21.4 Å². The lowest BCUT2D eigenvalue weighted by molar-refractivity contribution is -0.131. The highest BCUT2D eigenvalue weighted by molar-refractivity contribution is 7.92. The second-order valence-corrected chi connectivity index (χ2v) is 6.73. The molecule has 8 heteroatoms. The highest BCUT2D eigenvalue weighted by atomic mass is 35.5. The summed E-state index contributed by atoms with van der Waals surface area (Å²) >= 11 is 5.97. The fourth-order valence-corrected chi connectivity index (χ4v) is 3.44. The number of benzene rings is 2. The van der Waals surface area contributed by atoms with Crippen LogP contribution in [0.3, 0.4) is 0 Å². The number of nitrogens with one attached hydrogen (secondary N) is 1. The van der Waals surface area contributed by atoms with Crippen LogP contribution >= 0.6 is 11.6 Å². The second-order valence-electron chi connectivity index (χ2n) is 4.67. The summed E-state index contributed by atoms with van der Waals surface area (Å²) in [7, 11) is -2.64. The highest BCUT2D eigenvalue weighted by Crippen LogP contribution is 2.29. The van der Waals surface area contributed by atoms with Crippen molar-refractivity contribution in [1.82, 2.24) is 0 Å². The maximum Gasteiger partial charge on any atom is 0.328 e. The molecule has 0 heterocycles. The lowest BCUT2D eigenvalue weighted by Crippen LogP contribution is -2.14. The normalized spacial score (nSPS) is 11.4. The van der Waals surface area contributed by atoms with Crippen molar-refractivity contribution in [3.05, 3.63) is 59.1 Å². The summed E-state index contributed by atoms with van der Waals surface area (Å²) in [6.45, 7) is 0. The van der Waals surface area contributed by atoms with E-state index >= 15 is 0 Å². The molecule has 0 radical (unpaired) electrons. The van der Waals surface area contributed by atoms with Gasteiger partial charge in [-0.15, -0.1) is 0 Å². The standard InChI is InChI=1S/C16H14ClNO5S/c1-23-14-8-6-11(7-9-16(19)20)10-15(14)24(21,22)18-13-5-3-2-4-12(13)17/h2-10,18H,1H3,(H,19,20)/b9-7+. The van der Waals surface area contributed by atoms with Gasteiger partial charge in [0.1, 0.15) is 10.6 Å². The molecule has 126 valence electrons. The van der Waals surface area contributed by atoms with Crippen molar-refractivity contribution < 1.29 is 23.1 Å². The number of carboxylic acids is 1. The molecule has 0 amide bonds. The molecular formula is C16H14ClNO5S. The van der Waals surface area contributed by atoms with Crippen molar-refractivity contribution in [2.24, 2.45) is 0 Å². The van der Waals surface area contributed by atoms with Gasteiger partial charge < -0.3 is 9.84 Å². The van der Waals surface area contributed by atoms with Gasteiger partial charge in [-0.05, 0) is 35.9 Å². The maximum absolute atomic E-state index is 12.6. The van der Waals surface area contributed by atoms with E-state index in [1.807, 2.05) is 0 Å². The number of methoxy groups -OCH3 is 1. The number of hydrogen-bond acceptors (Lipinski definition) is 4. The Morgan fingerprint density at radius 3 is 2.58 bits per heavy atom. The topological polar surface area (TPSA) is 92.7 Å².